The maximum absolute atomic E-state index is 5.66. The zero-order valence-corrected chi connectivity index (χ0v) is 15.6. The van der Waals surface area contributed by atoms with Crippen LogP contribution < -0.4 is 25.4 Å². The van der Waals surface area contributed by atoms with Gasteiger partial charge in [0.15, 0.2) is 11.5 Å². The smallest absolute Gasteiger partial charge is 0.231 e. The van der Waals surface area contributed by atoms with Gasteiger partial charge < -0.3 is 25.4 Å². The van der Waals surface area contributed by atoms with E-state index < -0.39 is 0 Å². The van der Waals surface area contributed by atoms with Crippen molar-refractivity contribution in [2.45, 2.75) is 13.0 Å². The van der Waals surface area contributed by atoms with Crippen LogP contribution >= 0.6 is 22.6 Å². The number of aromatic nitrogens is 2. The molecule has 0 aliphatic carbocycles. The first kappa shape index (κ1) is 17.0. The second-order valence-corrected chi connectivity index (χ2v) is 6.13. The third kappa shape index (κ3) is 3.99. The zero-order valence-electron chi connectivity index (χ0n) is 13.4. The number of halogens is 1. The van der Waals surface area contributed by atoms with Crippen molar-refractivity contribution in [2.75, 3.05) is 35.1 Å². The lowest BCUT2D eigenvalue weighted by Gasteiger charge is -2.23. The van der Waals surface area contributed by atoms with Gasteiger partial charge >= 0.3 is 0 Å². The van der Waals surface area contributed by atoms with E-state index in [-0.39, 0.29) is 6.04 Å². The van der Waals surface area contributed by atoms with E-state index in [4.69, 9.17) is 15.2 Å². The van der Waals surface area contributed by atoms with E-state index in [1.807, 2.05) is 18.2 Å². The lowest BCUT2D eigenvalue weighted by Crippen LogP contribution is -2.33. The van der Waals surface area contributed by atoms with Crippen molar-refractivity contribution in [3.8, 4) is 11.5 Å². The van der Waals surface area contributed by atoms with Gasteiger partial charge in [-0.05, 0) is 30.7 Å². The number of alkyl halides is 1. The number of nitrogens with one attached hydrogen (secondary N) is 1. The van der Waals surface area contributed by atoms with Crippen molar-refractivity contribution in [1.29, 1.82) is 0 Å². The van der Waals surface area contributed by atoms with Gasteiger partial charge in [0.1, 0.15) is 5.82 Å². The number of benzene rings is 1. The van der Waals surface area contributed by atoms with Gasteiger partial charge in [-0.25, -0.2) is 4.98 Å². The number of nitrogen functional groups attached to an aromatic ring is 1. The Morgan fingerprint density at radius 3 is 2.96 bits per heavy atom. The van der Waals surface area contributed by atoms with Gasteiger partial charge in [0.05, 0.1) is 4.55 Å². The molecule has 1 aromatic carbocycles. The fourth-order valence-corrected chi connectivity index (χ4v) is 3.18. The molecular formula is C16H20IN5O2. The van der Waals surface area contributed by atoms with E-state index in [0.717, 1.165) is 35.0 Å². The molecular weight excluding hydrogens is 421 g/mol. The second-order valence-electron chi connectivity index (χ2n) is 5.44. The van der Waals surface area contributed by atoms with Gasteiger partial charge in [0, 0.05) is 25.3 Å². The molecule has 1 atom stereocenters. The lowest BCUT2D eigenvalue weighted by atomic mass is 10.1. The molecule has 1 aliphatic rings. The quantitative estimate of drug-likeness (QED) is 0.388. The van der Waals surface area contributed by atoms with Gasteiger partial charge in [-0.3, -0.25) is 0 Å². The minimum atomic E-state index is 0.214. The molecule has 2 aromatic rings. The molecule has 8 heteroatoms. The van der Waals surface area contributed by atoms with Crippen LogP contribution in [0, 0.1) is 0 Å². The Balaban J connectivity index is 1.55. The first-order valence-electron chi connectivity index (χ1n) is 7.69. The molecule has 1 aliphatic heterocycles. The van der Waals surface area contributed by atoms with Crippen LogP contribution in [0.1, 0.15) is 18.5 Å². The summed E-state index contributed by atoms with van der Waals surface area (Å²) in [5, 5.41) is 3.52. The van der Waals surface area contributed by atoms with Gasteiger partial charge in [0.2, 0.25) is 12.7 Å². The third-order valence-electron chi connectivity index (χ3n) is 3.86. The number of rotatable bonds is 7. The van der Waals surface area contributed by atoms with E-state index in [1.54, 1.807) is 6.20 Å². The fraction of sp³-hybridized carbons (Fsp3) is 0.375. The molecule has 7 nitrogen and oxygen atoms in total. The Bertz CT molecular complexity index is 700. The van der Waals surface area contributed by atoms with Crippen molar-refractivity contribution < 1.29 is 9.47 Å². The highest BCUT2D eigenvalue weighted by atomic mass is 127. The summed E-state index contributed by atoms with van der Waals surface area (Å²) in [5.74, 6) is 2.76. The summed E-state index contributed by atoms with van der Waals surface area (Å²) in [6.45, 7) is 4.08. The van der Waals surface area contributed by atoms with Crippen molar-refractivity contribution in [1.82, 2.24) is 15.3 Å². The highest BCUT2D eigenvalue weighted by Gasteiger charge is 2.15. The van der Waals surface area contributed by atoms with Gasteiger partial charge in [-0.1, -0.05) is 28.7 Å². The fourth-order valence-electron chi connectivity index (χ4n) is 2.49. The molecule has 3 rings (SSSR count). The molecule has 0 saturated carbocycles. The molecule has 0 saturated heterocycles. The van der Waals surface area contributed by atoms with Crippen LogP contribution in [0.2, 0.25) is 0 Å². The average molecular weight is 441 g/mol. The summed E-state index contributed by atoms with van der Waals surface area (Å²) < 4.78 is 11.6. The summed E-state index contributed by atoms with van der Waals surface area (Å²) >= 11 is 2.32. The van der Waals surface area contributed by atoms with Crippen LogP contribution in [0.3, 0.4) is 0 Å². The predicted octanol–water partition coefficient (Wildman–Crippen LogP) is 2.34. The molecule has 1 unspecified atom stereocenters. The minimum Gasteiger partial charge on any atom is -0.454 e. The highest BCUT2D eigenvalue weighted by molar-refractivity contribution is 14.1. The largest absolute Gasteiger partial charge is 0.454 e. The zero-order chi connectivity index (χ0) is 16.9. The second kappa shape index (κ2) is 7.84. The summed E-state index contributed by atoms with van der Waals surface area (Å²) in [4.78, 5) is 10.4. The predicted molar refractivity (Wildman–Crippen MR) is 102 cm³/mol. The molecule has 0 amide bonds. The van der Waals surface area contributed by atoms with Crippen LogP contribution in [-0.2, 0) is 0 Å². The number of anilines is 2. The number of nitrogens with zero attached hydrogens (tertiary/aromatic N) is 3. The normalized spacial score (nSPS) is 13.8. The number of nitrogens with two attached hydrogens (primary N) is 1. The van der Waals surface area contributed by atoms with Gasteiger partial charge in [-0.15, -0.1) is 0 Å². The molecule has 0 fully saturated rings. The van der Waals surface area contributed by atoms with Crippen LogP contribution in [0.15, 0.2) is 30.5 Å². The molecule has 3 N–H and O–H groups in total. The Morgan fingerprint density at radius 2 is 2.17 bits per heavy atom. The van der Waals surface area contributed by atoms with E-state index in [1.165, 1.54) is 5.56 Å². The molecule has 1 aromatic heterocycles. The number of hydrogen-bond acceptors (Lipinski definition) is 7. The Hall–Kier alpha value is -1.81. The van der Waals surface area contributed by atoms with Crippen LogP contribution in [0.25, 0.3) is 0 Å². The van der Waals surface area contributed by atoms with E-state index in [2.05, 4.69) is 55.8 Å². The first-order valence-corrected chi connectivity index (χ1v) is 9.22. The number of hydrogen-bond donors (Lipinski definition) is 2. The number of ether oxygens (including phenoxy) is 2. The Labute approximate surface area is 154 Å². The highest BCUT2D eigenvalue weighted by Crippen LogP contribution is 2.34. The average Bonchev–Trinajstić information content (AvgIpc) is 3.06. The van der Waals surface area contributed by atoms with E-state index >= 15 is 0 Å². The Kier molecular flexibility index (Phi) is 5.56. The topological polar surface area (TPSA) is 85.5 Å². The lowest BCUT2D eigenvalue weighted by molar-refractivity contribution is 0.174. The molecule has 2 heterocycles. The first-order chi connectivity index (χ1) is 11.7. The van der Waals surface area contributed by atoms with Crippen LogP contribution in [0.4, 0.5) is 11.8 Å². The summed E-state index contributed by atoms with van der Waals surface area (Å²) in [6.07, 6.45) is 1.68. The maximum atomic E-state index is 5.66. The molecule has 128 valence electrons. The van der Waals surface area contributed by atoms with Crippen molar-refractivity contribution >= 4 is 34.4 Å². The monoisotopic (exact) mass is 441 g/mol. The van der Waals surface area contributed by atoms with E-state index in [9.17, 15) is 0 Å². The minimum absolute atomic E-state index is 0.214. The molecule has 0 bridgehead atoms. The van der Waals surface area contributed by atoms with E-state index in [0.29, 0.717) is 12.7 Å². The van der Waals surface area contributed by atoms with Crippen molar-refractivity contribution in [3.05, 3.63) is 36.0 Å². The van der Waals surface area contributed by atoms with Crippen molar-refractivity contribution in [2.24, 2.45) is 0 Å². The summed E-state index contributed by atoms with van der Waals surface area (Å²) in [7, 11) is 0. The van der Waals surface area contributed by atoms with Gasteiger partial charge in [0.25, 0.3) is 0 Å². The Morgan fingerprint density at radius 1 is 1.33 bits per heavy atom. The standard InChI is InChI=1S/C16H20IN5O2/c1-11(12-2-3-13-14(8-12)24-10-23-13)19-6-7-22(9-17)15-4-5-20-16(18)21-15/h2-5,8,11,19H,6-7,9-10H2,1H3,(H2,18,20,21). The molecule has 24 heavy (non-hydrogen) atoms. The van der Waals surface area contributed by atoms with Gasteiger partial charge in [-0.2, -0.15) is 4.98 Å². The van der Waals surface area contributed by atoms with Crippen molar-refractivity contribution in [3.63, 3.8) is 0 Å². The summed E-state index contributed by atoms with van der Waals surface area (Å²) in [5.41, 5.74) is 6.83. The van der Waals surface area contributed by atoms with Crippen LogP contribution in [-0.4, -0.2) is 34.4 Å². The number of fused-ring (bicyclic) bond motifs is 1. The molecule has 0 spiro atoms. The summed E-state index contributed by atoms with van der Waals surface area (Å²) in [6, 6.07) is 8.13. The third-order valence-corrected chi connectivity index (χ3v) is 4.68. The molecule has 0 radical (unpaired) electrons. The maximum Gasteiger partial charge on any atom is 0.231 e. The van der Waals surface area contributed by atoms with Crippen LogP contribution in [0.5, 0.6) is 11.5 Å². The SMILES string of the molecule is CC(NCCN(CI)c1ccnc(N)n1)c1ccc2c(c1)OCO2.